The molecule has 1 aromatic rings. The highest BCUT2D eigenvalue weighted by Gasteiger charge is 2.27. The minimum Gasteiger partial charge on any atom is -0.334 e. The maximum absolute atomic E-state index is 13.3. The van der Waals surface area contributed by atoms with Crippen molar-refractivity contribution < 1.29 is 9.18 Å². The SMILES string of the molecule is CCC1CCN(Cc2cccc(C(=O)N3CCC(F)C3)n2)CC1. The summed E-state index contributed by atoms with van der Waals surface area (Å²) in [4.78, 5) is 20.9. The molecule has 0 aromatic carbocycles. The van der Waals surface area contributed by atoms with Crippen molar-refractivity contribution >= 4 is 5.91 Å². The first-order valence-electron chi connectivity index (χ1n) is 8.77. The van der Waals surface area contributed by atoms with Gasteiger partial charge in [0.25, 0.3) is 5.91 Å². The highest BCUT2D eigenvalue weighted by molar-refractivity contribution is 5.92. The molecule has 2 fully saturated rings. The first-order valence-corrected chi connectivity index (χ1v) is 8.77. The molecular formula is C18H26FN3O. The molecule has 3 heterocycles. The highest BCUT2D eigenvalue weighted by atomic mass is 19.1. The van der Waals surface area contributed by atoms with E-state index in [0.717, 1.165) is 31.2 Å². The smallest absolute Gasteiger partial charge is 0.272 e. The van der Waals surface area contributed by atoms with E-state index in [9.17, 15) is 9.18 Å². The van der Waals surface area contributed by atoms with Gasteiger partial charge in [0.2, 0.25) is 0 Å². The van der Waals surface area contributed by atoms with Crippen LogP contribution in [0.2, 0.25) is 0 Å². The topological polar surface area (TPSA) is 36.4 Å². The summed E-state index contributed by atoms with van der Waals surface area (Å²) in [5.74, 6) is 0.715. The first-order chi connectivity index (χ1) is 11.2. The Morgan fingerprint density at radius 2 is 2.04 bits per heavy atom. The zero-order valence-electron chi connectivity index (χ0n) is 13.9. The minimum atomic E-state index is -0.887. The van der Waals surface area contributed by atoms with Gasteiger partial charge < -0.3 is 4.90 Å². The normalized spacial score (nSPS) is 23.4. The Labute approximate surface area is 137 Å². The number of pyridine rings is 1. The van der Waals surface area contributed by atoms with Crippen molar-refractivity contribution in [3.05, 3.63) is 29.6 Å². The fourth-order valence-electron chi connectivity index (χ4n) is 3.53. The molecular weight excluding hydrogens is 293 g/mol. The van der Waals surface area contributed by atoms with Gasteiger partial charge in [-0.1, -0.05) is 19.4 Å². The maximum atomic E-state index is 13.3. The molecule has 0 saturated carbocycles. The van der Waals surface area contributed by atoms with E-state index in [2.05, 4.69) is 16.8 Å². The molecule has 1 amide bonds. The van der Waals surface area contributed by atoms with Crippen LogP contribution in [0.5, 0.6) is 0 Å². The van der Waals surface area contributed by atoms with E-state index >= 15 is 0 Å². The van der Waals surface area contributed by atoms with E-state index in [0.29, 0.717) is 18.7 Å². The third-order valence-electron chi connectivity index (χ3n) is 5.11. The quantitative estimate of drug-likeness (QED) is 0.856. The van der Waals surface area contributed by atoms with Gasteiger partial charge in [-0.25, -0.2) is 9.37 Å². The second-order valence-electron chi connectivity index (χ2n) is 6.78. The van der Waals surface area contributed by atoms with Crippen LogP contribution in [-0.4, -0.2) is 53.0 Å². The van der Waals surface area contributed by atoms with Crippen molar-refractivity contribution in [3.8, 4) is 0 Å². The van der Waals surface area contributed by atoms with Crippen molar-refractivity contribution in [2.24, 2.45) is 5.92 Å². The lowest BCUT2D eigenvalue weighted by atomic mass is 9.94. The Kier molecular flexibility index (Phi) is 5.26. The summed E-state index contributed by atoms with van der Waals surface area (Å²) in [5, 5.41) is 0. The van der Waals surface area contributed by atoms with Crippen molar-refractivity contribution in [1.82, 2.24) is 14.8 Å². The number of likely N-dealkylation sites (tertiary alicyclic amines) is 2. The fourth-order valence-corrected chi connectivity index (χ4v) is 3.53. The summed E-state index contributed by atoms with van der Waals surface area (Å²) < 4.78 is 13.3. The number of carbonyl (C=O) groups is 1. The number of hydrogen-bond donors (Lipinski definition) is 0. The van der Waals surface area contributed by atoms with E-state index in [1.54, 1.807) is 11.0 Å². The predicted molar refractivity (Wildman–Crippen MR) is 87.9 cm³/mol. The molecule has 2 aliphatic rings. The van der Waals surface area contributed by atoms with Crippen LogP contribution in [0.3, 0.4) is 0 Å². The van der Waals surface area contributed by atoms with E-state index in [4.69, 9.17) is 0 Å². The molecule has 1 aromatic heterocycles. The van der Waals surface area contributed by atoms with Gasteiger partial charge in [-0.05, 0) is 50.4 Å². The van der Waals surface area contributed by atoms with Crippen LogP contribution in [0, 0.1) is 5.92 Å². The zero-order valence-corrected chi connectivity index (χ0v) is 13.9. The molecule has 2 aliphatic heterocycles. The highest BCUT2D eigenvalue weighted by Crippen LogP contribution is 2.21. The van der Waals surface area contributed by atoms with Crippen molar-refractivity contribution in [2.45, 2.75) is 45.3 Å². The number of amides is 1. The number of piperidine rings is 1. The number of carbonyl (C=O) groups excluding carboxylic acids is 1. The summed E-state index contributed by atoms with van der Waals surface area (Å²) >= 11 is 0. The number of aromatic nitrogens is 1. The summed E-state index contributed by atoms with van der Waals surface area (Å²) in [6.45, 7) is 5.97. The van der Waals surface area contributed by atoms with Crippen LogP contribution in [0.15, 0.2) is 18.2 Å². The van der Waals surface area contributed by atoms with Crippen molar-refractivity contribution in [3.63, 3.8) is 0 Å². The summed E-state index contributed by atoms with van der Waals surface area (Å²) in [6, 6.07) is 5.60. The van der Waals surface area contributed by atoms with E-state index < -0.39 is 6.17 Å². The molecule has 0 N–H and O–H groups in total. The molecule has 0 radical (unpaired) electrons. The maximum Gasteiger partial charge on any atom is 0.272 e. The Morgan fingerprint density at radius 3 is 2.70 bits per heavy atom. The minimum absolute atomic E-state index is 0.142. The Bertz CT molecular complexity index is 543. The zero-order chi connectivity index (χ0) is 16.2. The van der Waals surface area contributed by atoms with Crippen molar-refractivity contribution in [2.75, 3.05) is 26.2 Å². The molecule has 0 bridgehead atoms. The van der Waals surface area contributed by atoms with E-state index in [1.807, 2.05) is 12.1 Å². The summed E-state index contributed by atoms with van der Waals surface area (Å²) in [5.41, 5.74) is 1.38. The Morgan fingerprint density at radius 1 is 1.26 bits per heavy atom. The van der Waals surface area contributed by atoms with E-state index in [-0.39, 0.29) is 12.5 Å². The molecule has 0 aliphatic carbocycles. The molecule has 5 heteroatoms. The van der Waals surface area contributed by atoms with Crippen LogP contribution in [0.1, 0.15) is 48.8 Å². The molecule has 1 unspecified atom stereocenters. The molecule has 1 atom stereocenters. The Balaban J connectivity index is 1.60. The second kappa shape index (κ2) is 7.39. The third kappa shape index (κ3) is 4.08. The van der Waals surface area contributed by atoms with Gasteiger partial charge in [0.05, 0.1) is 12.2 Å². The van der Waals surface area contributed by atoms with E-state index in [1.165, 1.54) is 19.3 Å². The summed E-state index contributed by atoms with van der Waals surface area (Å²) in [7, 11) is 0. The van der Waals surface area contributed by atoms with Gasteiger partial charge in [-0.3, -0.25) is 9.69 Å². The van der Waals surface area contributed by atoms with Crippen molar-refractivity contribution in [1.29, 1.82) is 0 Å². The van der Waals surface area contributed by atoms with Crippen LogP contribution in [-0.2, 0) is 6.54 Å². The van der Waals surface area contributed by atoms with Crippen LogP contribution in [0.4, 0.5) is 4.39 Å². The average molecular weight is 319 g/mol. The van der Waals surface area contributed by atoms with Gasteiger partial charge in [-0.15, -0.1) is 0 Å². The molecule has 0 spiro atoms. The van der Waals surface area contributed by atoms with Gasteiger partial charge in [0.1, 0.15) is 11.9 Å². The second-order valence-corrected chi connectivity index (χ2v) is 6.78. The lowest BCUT2D eigenvalue weighted by molar-refractivity contribution is 0.0776. The lowest BCUT2D eigenvalue weighted by Gasteiger charge is -2.31. The molecule has 2 saturated heterocycles. The number of rotatable bonds is 4. The average Bonchev–Trinajstić information content (AvgIpc) is 3.01. The number of hydrogen-bond acceptors (Lipinski definition) is 3. The lowest BCUT2D eigenvalue weighted by Crippen LogP contribution is -2.33. The largest absolute Gasteiger partial charge is 0.334 e. The molecule has 4 nitrogen and oxygen atoms in total. The third-order valence-corrected chi connectivity index (χ3v) is 5.11. The van der Waals surface area contributed by atoms with Gasteiger partial charge in [0, 0.05) is 13.1 Å². The Hall–Kier alpha value is -1.49. The van der Waals surface area contributed by atoms with Crippen LogP contribution >= 0.6 is 0 Å². The predicted octanol–water partition coefficient (Wildman–Crippen LogP) is 2.89. The first kappa shape index (κ1) is 16.4. The number of nitrogens with zero attached hydrogens (tertiary/aromatic N) is 3. The van der Waals surface area contributed by atoms with Gasteiger partial charge in [0.15, 0.2) is 0 Å². The standard InChI is InChI=1S/C18H26FN3O/c1-2-14-6-9-21(10-7-14)13-16-4-3-5-17(20-16)18(23)22-11-8-15(19)12-22/h3-5,14-15H,2,6-13H2,1H3. The van der Waals surface area contributed by atoms with Gasteiger partial charge in [-0.2, -0.15) is 0 Å². The van der Waals surface area contributed by atoms with Crippen LogP contribution < -0.4 is 0 Å². The molecule has 23 heavy (non-hydrogen) atoms. The van der Waals surface area contributed by atoms with Crippen LogP contribution in [0.25, 0.3) is 0 Å². The monoisotopic (exact) mass is 319 g/mol. The summed E-state index contributed by atoms with van der Waals surface area (Å²) in [6.07, 6.45) is 3.32. The fraction of sp³-hybridized carbons (Fsp3) is 0.667. The number of alkyl halides is 1. The molecule has 3 rings (SSSR count). The molecule has 126 valence electrons. The number of halogens is 1. The van der Waals surface area contributed by atoms with Gasteiger partial charge >= 0.3 is 0 Å².